The molecule has 0 spiro atoms. The van der Waals surface area contributed by atoms with Crippen molar-refractivity contribution >= 4 is 11.8 Å². The Hall–Kier alpha value is -1.04. The van der Waals surface area contributed by atoms with Gasteiger partial charge in [-0.2, -0.15) is 0 Å². The molecular formula is C7H10F2N2O2. The van der Waals surface area contributed by atoms with Crippen molar-refractivity contribution in [1.82, 2.24) is 10.2 Å². The molecule has 74 valence electrons. The van der Waals surface area contributed by atoms with E-state index >= 15 is 0 Å². The van der Waals surface area contributed by atoms with Crippen LogP contribution < -0.4 is 5.32 Å². The molecule has 1 rings (SSSR count). The molecule has 0 unspecified atom stereocenters. The van der Waals surface area contributed by atoms with E-state index in [2.05, 4.69) is 5.32 Å². The van der Waals surface area contributed by atoms with E-state index in [1.807, 2.05) is 0 Å². The highest BCUT2D eigenvalue weighted by Gasteiger charge is 2.25. The first-order valence-electron chi connectivity index (χ1n) is 3.93. The van der Waals surface area contributed by atoms with Crippen molar-refractivity contribution in [3.8, 4) is 0 Å². The lowest BCUT2D eigenvalue weighted by molar-refractivity contribution is -0.146. The molecule has 13 heavy (non-hydrogen) atoms. The quantitative estimate of drug-likeness (QED) is 0.619. The fourth-order valence-corrected chi connectivity index (χ4v) is 1.08. The molecule has 1 fully saturated rings. The number of halogens is 2. The Morgan fingerprint density at radius 2 is 1.85 bits per heavy atom. The third kappa shape index (κ3) is 2.73. The number of alkyl halides is 2. The number of rotatable bonds is 3. The molecule has 0 aromatic heterocycles. The van der Waals surface area contributed by atoms with Gasteiger partial charge in [-0.05, 0) is 0 Å². The standard InChI is InChI=1S/C7H10F2N2O2/c8-5(9)1-2-11-6(12)3-10-4-7(11)13/h5,10H,1-4H2. The van der Waals surface area contributed by atoms with Crippen LogP contribution in [0, 0.1) is 0 Å². The Bertz CT molecular complexity index is 205. The number of amides is 2. The number of hydrogen-bond donors (Lipinski definition) is 1. The van der Waals surface area contributed by atoms with Gasteiger partial charge in [0.05, 0.1) is 13.1 Å². The van der Waals surface area contributed by atoms with E-state index in [-0.39, 0.29) is 19.6 Å². The molecule has 4 nitrogen and oxygen atoms in total. The van der Waals surface area contributed by atoms with Crippen LogP contribution >= 0.6 is 0 Å². The monoisotopic (exact) mass is 192 g/mol. The van der Waals surface area contributed by atoms with Gasteiger partial charge in [0.1, 0.15) is 0 Å². The highest BCUT2D eigenvalue weighted by atomic mass is 19.3. The van der Waals surface area contributed by atoms with Crippen LogP contribution in [-0.4, -0.2) is 42.8 Å². The van der Waals surface area contributed by atoms with Crippen LogP contribution in [0.25, 0.3) is 0 Å². The molecule has 0 aliphatic carbocycles. The zero-order valence-corrected chi connectivity index (χ0v) is 6.93. The maximum Gasteiger partial charge on any atom is 0.243 e. The second-order valence-corrected chi connectivity index (χ2v) is 2.72. The topological polar surface area (TPSA) is 49.4 Å². The normalized spacial score (nSPS) is 18.5. The molecule has 0 bridgehead atoms. The van der Waals surface area contributed by atoms with Gasteiger partial charge in [0.15, 0.2) is 0 Å². The fraction of sp³-hybridized carbons (Fsp3) is 0.714. The summed E-state index contributed by atoms with van der Waals surface area (Å²) in [4.78, 5) is 22.9. The molecular weight excluding hydrogens is 182 g/mol. The predicted molar refractivity (Wildman–Crippen MR) is 40.2 cm³/mol. The molecule has 1 N–H and O–H groups in total. The summed E-state index contributed by atoms with van der Waals surface area (Å²) in [5.74, 6) is -0.867. The summed E-state index contributed by atoms with van der Waals surface area (Å²) in [6.45, 7) is -0.0824. The van der Waals surface area contributed by atoms with E-state index in [9.17, 15) is 18.4 Å². The summed E-state index contributed by atoms with van der Waals surface area (Å²) in [6, 6.07) is 0. The summed E-state index contributed by atoms with van der Waals surface area (Å²) in [5, 5.41) is 2.57. The number of imide groups is 1. The molecule has 1 saturated heterocycles. The number of carbonyl (C=O) groups excluding carboxylic acids is 2. The minimum absolute atomic E-state index is 0.0506. The molecule has 0 radical (unpaired) electrons. The van der Waals surface area contributed by atoms with E-state index in [1.165, 1.54) is 0 Å². The number of carbonyl (C=O) groups is 2. The van der Waals surface area contributed by atoms with Crippen LogP contribution in [0.1, 0.15) is 6.42 Å². The van der Waals surface area contributed by atoms with Crippen molar-refractivity contribution < 1.29 is 18.4 Å². The van der Waals surface area contributed by atoms with Gasteiger partial charge in [0.2, 0.25) is 18.2 Å². The summed E-state index contributed by atoms with van der Waals surface area (Å²) in [6.07, 6.45) is -2.92. The molecule has 1 aliphatic rings. The Kier molecular flexibility index (Phi) is 3.30. The van der Waals surface area contributed by atoms with Crippen molar-refractivity contribution in [3.05, 3.63) is 0 Å². The molecule has 1 aliphatic heterocycles. The van der Waals surface area contributed by atoms with Crippen molar-refractivity contribution in [2.45, 2.75) is 12.8 Å². The second kappa shape index (κ2) is 4.27. The molecule has 1 heterocycles. The molecule has 0 atom stereocenters. The third-order valence-corrected chi connectivity index (χ3v) is 1.73. The Labute approximate surface area is 73.9 Å². The molecule has 0 saturated carbocycles. The van der Waals surface area contributed by atoms with Crippen molar-refractivity contribution in [2.75, 3.05) is 19.6 Å². The van der Waals surface area contributed by atoms with E-state index in [0.29, 0.717) is 0 Å². The van der Waals surface area contributed by atoms with Gasteiger partial charge in [-0.1, -0.05) is 0 Å². The zero-order chi connectivity index (χ0) is 9.84. The molecule has 6 heteroatoms. The lowest BCUT2D eigenvalue weighted by atomic mass is 10.3. The van der Waals surface area contributed by atoms with Gasteiger partial charge >= 0.3 is 0 Å². The Morgan fingerprint density at radius 1 is 1.31 bits per heavy atom. The maximum absolute atomic E-state index is 11.8. The first-order chi connectivity index (χ1) is 6.11. The average Bonchev–Trinajstić information content (AvgIpc) is 2.03. The first kappa shape index (κ1) is 10.0. The van der Waals surface area contributed by atoms with Crippen molar-refractivity contribution in [3.63, 3.8) is 0 Å². The van der Waals surface area contributed by atoms with Gasteiger partial charge in [-0.15, -0.1) is 0 Å². The average molecular weight is 192 g/mol. The van der Waals surface area contributed by atoms with Crippen LogP contribution in [0.15, 0.2) is 0 Å². The number of piperazine rings is 1. The highest BCUT2D eigenvalue weighted by molar-refractivity contribution is 5.99. The summed E-state index contributed by atoms with van der Waals surface area (Å²) < 4.78 is 23.6. The molecule has 0 aromatic rings. The lowest BCUT2D eigenvalue weighted by Gasteiger charge is -2.25. The second-order valence-electron chi connectivity index (χ2n) is 2.72. The van der Waals surface area contributed by atoms with E-state index in [4.69, 9.17) is 0 Å². The van der Waals surface area contributed by atoms with Gasteiger partial charge in [0.25, 0.3) is 0 Å². The van der Waals surface area contributed by atoms with Crippen molar-refractivity contribution in [1.29, 1.82) is 0 Å². The highest BCUT2D eigenvalue weighted by Crippen LogP contribution is 2.03. The Balaban J connectivity index is 2.44. The first-order valence-corrected chi connectivity index (χ1v) is 3.93. The number of nitrogens with one attached hydrogen (secondary N) is 1. The zero-order valence-electron chi connectivity index (χ0n) is 6.93. The maximum atomic E-state index is 11.8. The van der Waals surface area contributed by atoms with E-state index < -0.39 is 24.7 Å². The summed E-state index contributed by atoms with van der Waals surface area (Å²) >= 11 is 0. The van der Waals surface area contributed by atoms with Gasteiger partial charge in [0, 0.05) is 13.0 Å². The number of hydrogen-bond acceptors (Lipinski definition) is 3. The molecule has 2 amide bonds. The summed E-state index contributed by atoms with van der Waals surface area (Å²) in [7, 11) is 0. The van der Waals surface area contributed by atoms with Gasteiger partial charge < -0.3 is 0 Å². The van der Waals surface area contributed by atoms with Crippen molar-refractivity contribution in [2.24, 2.45) is 0 Å². The fourth-order valence-electron chi connectivity index (χ4n) is 1.08. The van der Waals surface area contributed by atoms with Crippen LogP contribution in [-0.2, 0) is 9.59 Å². The molecule has 0 aromatic carbocycles. The third-order valence-electron chi connectivity index (χ3n) is 1.73. The smallest absolute Gasteiger partial charge is 0.243 e. The minimum Gasteiger partial charge on any atom is -0.300 e. The van der Waals surface area contributed by atoms with Gasteiger partial charge in [-0.3, -0.25) is 19.8 Å². The number of nitrogens with zero attached hydrogens (tertiary/aromatic N) is 1. The summed E-state index contributed by atoms with van der Waals surface area (Å²) in [5.41, 5.74) is 0. The lowest BCUT2D eigenvalue weighted by Crippen LogP contribution is -2.52. The van der Waals surface area contributed by atoms with Gasteiger partial charge in [-0.25, -0.2) is 8.78 Å². The van der Waals surface area contributed by atoms with E-state index in [0.717, 1.165) is 4.90 Å². The SMILES string of the molecule is O=C1CNCC(=O)N1CCC(F)F. The Morgan fingerprint density at radius 3 is 2.31 bits per heavy atom. The van der Waals surface area contributed by atoms with Crippen LogP contribution in [0.5, 0.6) is 0 Å². The van der Waals surface area contributed by atoms with Crippen LogP contribution in [0.4, 0.5) is 8.78 Å². The van der Waals surface area contributed by atoms with E-state index in [1.54, 1.807) is 0 Å². The van der Waals surface area contributed by atoms with Crippen LogP contribution in [0.2, 0.25) is 0 Å². The predicted octanol–water partition coefficient (Wildman–Crippen LogP) is -0.400. The minimum atomic E-state index is -2.48. The largest absolute Gasteiger partial charge is 0.300 e. The van der Waals surface area contributed by atoms with Crippen LogP contribution in [0.3, 0.4) is 0 Å².